The molecule has 0 fully saturated rings. The smallest absolute Gasteiger partial charge is 0.290 e. The molecule has 110 valence electrons. The molecule has 0 bridgehead atoms. The van der Waals surface area contributed by atoms with Crippen molar-refractivity contribution in [2.24, 2.45) is 5.10 Å². The van der Waals surface area contributed by atoms with Gasteiger partial charge in [-0.25, -0.2) is 10.4 Å². The number of rotatable bonds is 3. The van der Waals surface area contributed by atoms with E-state index in [1.807, 2.05) is 18.2 Å². The van der Waals surface area contributed by atoms with Crippen LogP contribution in [0, 0.1) is 6.92 Å². The van der Waals surface area contributed by atoms with Gasteiger partial charge in [-0.2, -0.15) is 5.10 Å². The SMILES string of the molecule is Cc1nc2ccccn2c1C(=O)NN=Cc1cccc(O)c1. The first-order valence-corrected chi connectivity index (χ1v) is 6.71. The van der Waals surface area contributed by atoms with Crippen molar-refractivity contribution in [3.8, 4) is 5.75 Å². The van der Waals surface area contributed by atoms with E-state index in [1.54, 1.807) is 41.8 Å². The van der Waals surface area contributed by atoms with Gasteiger partial charge >= 0.3 is 0 Å². The van der Waals surface area contributed by atoms with E-state index in [2.05, 4.69) is 15.5 Å². The Labute approximate surface area is 126 Å². The van der Waals surface area contributed by atoms with Gasteiger partial charge in [-0.1, -0.05) is 18.2 Å². The summed E-state index contributed by atoms with van der Waals surface area (Å²) in [6.07, 6.45) is 3.25. The summed E-state index contributed by atoms with van der Waals surface area (Å²) in [5.74, 6) is -0.194. The Balaban J connectivity index is 1.81. The molecule has 0 aliphatic heterocycles. The fraction of sp³-hybridized carbons (Fsp3) is 0.0625. The highest BCUT2D eigenvalue weighted by atomic mass is 16.3. The van der Waals surface area contributed by atoms with Crippen LogP contribution in [0.5, 0.6) is 5.75 Å². The number of imidazole rings is 1. The van der Waals surface area contributed by atoms with Crippen molar-refractivity contribution >= 4 is 17.8 Å². The number of hydrazone groups is 1. The van der Waals surface area contributed by atoms with Crippen LogP contribution < -0.4 is 5.43 Å². The average Bonchev–Trinajstić information content (AvgIpc) is 2.83. The van der Waals surface area contributed by atoms with Gasteiger partial charge in [0.05, 0.1) is 11.9 Å². The van der Waals surface area contributed by atoms with Crippen LogP contribution in [0.3, 0.4) is 0 Å². The maximum absolute atomic E-state index is 12.3. The molecule has 6 heteroatoms. The number of aromatic hydroxyl groups is 1. The molecule has 0 aliphatic carbocycles. The molecule has 22 heavy (non-hydrogen) atoms. The van der Waals surface area contributed by atoms with E-state index in [0.717, 1.165) is 0 Å². The molecule has 2 heterocycles. The highest BCUT2D eigenvalue weighted by molar-refractivity contribution is 5.95. The summed E-state index contributed by atoms with van der Waals surface area (Å²) in [5, 5.41) is 13.3. The second-order valence-corrected chi connectivity index (χ2v) is 4.77. The molecule has 3 rings (SSSR count). The number of nitrogens with one attached hydrogen (secondary N) is 1. The molecular formula is C16H14N4O2. The monoisotopic (exact) mass is 294 g/mol. The number of benzene rings is 1. The first-order chi connectivity index (χ1) is 10.6. The number of pyridine rings is 1. The van der Waals surface area contributed by atoms with Crippen LogP contribution in [0.1, 0.15) is 21.7 Å². The first-order valence-electron chi connectivity index (χ1n) is 6.71. The Kier molecular flexibility index (Phi) is 3.57. The molecule has 0 unspecified atom stereocenters. The third-order valence-electron chi connectivity index (χ3n) is 3.17. The van der Waals surface area contributed by atoms with Crippen molar-refractivity contribution in [1.29, 1.82) is 0 Å². The number of carbonyl (C=O) groups is 1. The van der Waals surface area contributed by atoms with Crippen molar-refractivity contribution in [2.45, 2.75) is 6.92 Å². The van der Waals surface area contributed by atoms with E-state index >= 15 is 0 Å². The van der Waals surface area contributed by atoms with Gasteiger partial charge in [0.15, 0.2) is 0 Å². The van der Waals surface area contributed by atoms with Crippen LogP contribution in [0.2, 0.25) is 0 Å². The predicted octanol–water partition coefficient (Wildman–Crippen LogP) is 2.11. The number of phenolic OH excluding ortho intramolecular Hbond substituents is 1. The zero-order valence-corrected chi connectivity index (χ0v) is 11.9. The number of hydrogen-bond donors (Lipinski definition) is 2. The second-order valence-electron chi connectivity index (χ2n) is 4.77. The van der Waals surface area contributed by atoms with Gasteiger partial charge in [0, 0.05) is 6.20 Å². The molecule has 0 saturated carbocycles. The van der Waals surface area contributed by atoms with Gasteiger partial charge in [-0.05, 0) is 36.8 Å². The Morgan fingerprint density at radius 1 is 1.32 bits per heavy atom. The summed E-state index contributed by atoms with van der Waals surface area (Å²) < 4.78 is 1.72. The minimum atomic E-state index is -0.340. The Morgan fingerprint density at radius 2 is 2.18 bits per heavy atom. The van der Waals surface area contributed by atoms with E-state index < -0.39 is 0 Å². The molecule has 6 nitrogen and oxygen atoms in total. The minimum absolute atomic E-state index is 0.146. The van der Waals surface area contributed by atoms with Gasteiger partial charge in [-0.3, -0.25) is 9.20 Å². The van der Waals surface area contributed by atoms with E-state index in [4.69, 9.17) is 0 Å². The fourth-order valence-corrected chi connectivity index (χ4v) is 2.21. The van der Waals surface area contributed by atoms with Crippen LogP contribution in [-0.4, -0.2) is 26.6 Å². The second kappa shape index (κ2) is 5.69. The standard InChI is InChI=1S/C16H14N4O2/c1-11-15(20-8-3-2-7-14(20)18-11)16(22)19-17-10-12-5-4-6-13(21)9-12/h2-10,21H,1H3,(H,19,22). The number of aryl methyl sites for hydroxylation is 1. The lowest BCUT2D eigenvalue weighted by Crippen LogP contribution is -2.20. The number of nitrogens with zero attached hydrogens (tertiary/aromatic N) is 3. The minimum Gasteiger partial charge on any atom is -0.508 e. The zero-order valence-electron chi connectivity index (χ0n) is 11.9. The summed E-state index contributed by atoms with van der Waals surface area (Å²) in [6.45, 7) is 1.78. The van der Waals surface area contributed by atoms with Crippen LogP contribution >= 0.6 is 0 Å². The molecule has 0 spiro atoms. The molecular weight excluding hydrogens is 280 g/mol. The Hall–Kier alpha value is -3.15. The van der Waals surface area contributed by atoms with Crippen molar-refractivity contribution < 1.29 is 9.90 Å². The molecule has 0 atom stereocenters. The molecule has 2 N–H and O–H groups in total. The van der Waals surface area contributed by atoms with Crippen molar-refractivity contribution in [3.05, 3.63) is 65.6 Å². The van der Waals surface area contributed by atoms with Crippen molar-refractivity contribution in [2.75, 3.05) is 0 Å². The third-order valence-corrected chi connectivity index (χ3v) is 3.17. The maximum Gasteiger partial charge on any atom is 0.290 e. The van der Waals surface area contributed by atoms with Crippen molar-refractivity contribution in [1.82, 2.24) is 14.8 Å². The van der Waals surface area contributed by atoms with E-state index in [1.165, 1.54) is 6.21 Å². The van der Waals surface area contributed by atoms with E-state index in [-0.39, 0.29) is 11.7 Å². The highest BCUT2D eigenvalue weighted by Crippen LogP contribution is 2.11. The maximum atomic E-state index is 12.3. The zero-order chi connectivity index (χ0) is 15.5. The van der Waals surface area contributed by atoms with Crippen LogP contribution in [0.15, 0.2) is 53.8 Å². The lowest BCUT2D eigenvalue weighted by atomic mass is 10.2. The van der Waals surface area contributed by atoms with Crippen LogP contribution in [0.25, 0.3) is 5.65 Å². The summed E-state index contributed by atoms with van der Waals surface area (Å²) in [6, 6.07) is 12.1. The molecule has 2 aromatic heterocycles. The fourth-order valence-electron chi connectivity index (χ4n) is 2.21. The summed E-state index contributed by atoms with van der Waals surface area (Å²) in [4.78, 5) is 16.6. The third kappa shape index (κ3) is 2.67. The summed E-state index contributed by atoms with van der Waals surface area (Å²) in [5.41, 5.74) is 4.96. The number of phenols is 1. The molecule has 0 radical (unpaired) electrons. The van der Waals surface area contributed by atoms with E-state index in [9.17, 15) is 9.90 Å². The summed E-state index contributed by atoms with van der Waals surface area (Å²) in [7, 11) is 0. The van der Waals surface area contributed by atoms with Crippen molar-refractivity contribution in [3.63, 3.8) is 0 Å². The molecule has 0 aliphatic rings. The number of aromatic nitrogens is 2. The largest absolute Gasteiger partial charge is 0.508 e. The molecule has 1 amide bonds. The lowest BCUT2D eigenvalue weighted by molar-refractivity contribution is 0.0948. The van der Waals surface area contributed by atoms with Gasteiger partial charge in [0.2, 0.25) is 0 Å². The quantitative estimate of drug-likeness (QED) is 0.573. The number of fused-ring (bicyclic) bond motifs is 1. The predicted molar refractivity (Wildman–Crippen MR) is 83.1 cm³/mol. The van der Waals surface area contributed by atoms with Crippen LogP contribution in [-0.2, 0) is 0 Å². The summed E-state index contributed by atoms with van der Waals surface area (Å²) >= 11 is 0. The lowest BCUT2D eigenvalue weighted by Gasteiger charge is -2.01. The number of amides is 1. The highest BCUT2D eigenvalue weighted by Gasteiger charge is 2.15. The number of hydrogen-bond acceptors (Lipinski definition) is 4. The van der Waals surface area contributed by atoms with Crippen LogP contribution in [0.4, 0.5) is 0 Å². The molecule has 1 aromatic carbocycles. The number of carbonyl (C=O) groups excluding carboxylic acids is 1. The average molecular weight is 294 g/mol. The normalized spacial score (nSPS) is 11.1. The Bertz CT molecular complexity index is 867. The van der Waals surface area contributed by atoms with E-state index in [0.29, 0.717) is 22.6 Å². The first kappa shape index (κ1) is 13.8. The van der Waals surface area contributed by atoms with Gasteiger partial charge in [-0.15, -0.1) is 0 Å². The van der Waals surface area contributed by atoms with Gasteiger partial charge in [0.1, 0.15) is 17.1 Å². The van der Waals surface area contributed by atoms with Gasteiger partial charge < -0.3 is 5.11 Å². The van der Waals surface area contributed by atoms with Gasteiger partial charge in [0.25, 0.3) is 5.91 Å². The Morgan fingerprint density at radius 3 is 3.00 bits per heavy atom. The molecule has 3 aromatic rings. The molecule has 0 saturated heterocycles. The topological polar surface area (TPSA) is 79.0 Å².